The van der Waals surface area contributed by atoms with Crippen LogP contribution in [0.15, 0.2) is 24.3 Å². The number of amides is 2. The van der Waals surface area contributed by atoms with Crippen LogP contribution < -0.4 is 5.32 Å². The zero-order valence-corrected chi connectivity index (χ0v) is 19.4. The molecule has 2 rings (SSSR count). The van der Waals surface area contributed by atoms with Gasteiger partial charge in [0.05, 0.1) is 97.0 Å². The summed E-state index contributed by atoms with van der Waals surface area (Å²) in [6, 6.07) is 6.83. The van der Waals surface area contributed by atoms with Crippen LogP contribution in [-0.2, 0) is 28.4 Å². The maximum Gasteiger partial charge on any atom is 0.261 e. The fraction of sp³-hybridized carbons (Fsp3) is 0.652. The number of hydrogen-bond acceptors (Lipinski definition) is 9. The zero-order valence-electron chi connectivity index (χ0n) is 19.4. The summed E-state index contributed by atoms with van der Waals surface area (Å²) in [5.41, 5.74) is 0.900. The lowest BCUT2D eigenvalue weighted by atomic mass is 10.1. The van der Waals surface area contributed by atoms with Gasteiger partial charge in [0.25, 0.3) is 11.8 Å². The maximum absolute atomic E-state index is 12.2. The second-order valence-electron chi connectivity index (χ2n) is 7.09. The Hall–Kier alpha value is -1.92. The van der Waals surface area contributed by atoms with Gasteiger partial charge < -0.3 is 33.7 Å². The van der Waals surface area contributed by atoms with Crippen molar-refractivity contribution in [2.45, 2.75) is 0 Å². The molecule has 0 aromatic heterocycles. The second kappa shape index (κ2) is 17.5. The second-order valence-corrected chi connectivity index (χ2v) is 7.09. The molecule has 1 N–H and O–H groups in total. The van der Waals surface area contributed by atoms with Crippen molar-refractivity contribution < 1.29 is 38.0 Å². The molecule has 33 heavy (non-hydrogen) atoms. The lowest BCUT2D eigenvalue weighted by Crippen LogP contribution is -2.33. The molecule has 0 radical (unpaired) electrons. The Kier molecular flexibility index (Phi) is 14.5. The van der Waals surface area contributed by atoms with Crippen LogP contribution in [0.3, 0.4) is 0 Å². The number of benzene rings is 1. The molecular formula is C23H36N2O8. The predicted octanol–water partition coefficient (Wildman–Crippen LogP) is 0.602. The van der Waals surface area contributed by atoms with Gasteiger partial charge in [0, 0.05) is 6.54 Å². The number of nitrogens with zero attached hydrogens (tertiary/aromatic N) is 1. The highest BCUT2D eigenvalue weighted by Crippen LogP contribution is 2.21. The molecule has 10 heteroatoms. The zero-order chi connectivity index (χ0) is 23.6. The number of hydrogen-bond donors (Lipinski definition) is 1. The molecule has 1 heterocycles. The van der Waals surface area contributed by atoms with Crippen molar-refractivity contribution >= 4 is 11.8 Å². The number of rotatable bonds is 21. The van der Waals surface area contributed by atoms with E-state index >= 15 is 0 Å². The number of ether oxygens (including phenoxy) is 6. The van der Waals surface area contributed by atoms with E-state index in [1.54, 1.807) is 24.3 Å². The van der Waals surface area contributed by atoms with Crippen LogP contribution in [0.2, 0.25) is 0 Å². The molecule has 1 aromatic rings. The molecule has 2 amide bonds. The standard InChI is InChI=1S/C23H36N2O8/c1-24-6-8-28-10-12-30-14-16-32-18-19-33-17-15-31-13-11-29-9-7-25-22(26)20-4-2-3-5-21(20)23(25)27/h2-5,24H,6-19H2,1H3. The SMILES string of the molecule is CNCCOCCOCCOCCOCCOCCOCCN1C(=O)c2ccccc2C1=O. The minimum atomic E-state index is -0.269. The van der Waals surface area contributed by atoms with E-state index in [0.717, 1.165) is 6.54 Å². The van der Waals surface area contributed by atoms with E-state index in [-0.39, 0.29) is 25.0 Å². The number of carbonyl (C=O) groups excluding carboxylic acids is 2. The summed E-state index contributed by atoms with van der Waals surface area (Å²) in [5, 5.41) is 3.01. The molecule has 1 aliphatic heterocycles. The summed E-state index contributed by atoms with van der Waals surface area (Å²) >= 11 is 0. The van der Waals surface area contributed by atoms with Crippen molar-refractivity contribution in [3.05, 3.63) is 35.4 Å². The monoisotopic (exact) mass is 468 g/mol. The van der Waals surface area contributed by atoms with Crippen molar-refractivity contribution in [1.29, 1.82) is 0 Å². The number of imide groups is 1. The summed E-state index contributed by atoms with van der Waals surface area (Å²) in [5.74, 6) is -0.538. The van der Waals surface area contributed by atoms with Crippen LogP contribution in [0.1, 0.15) is 20.7 Å². The minimum absolute atomic E-state index is 0.227. The van der Waals surface area contributed by atoms with E-state index in [4.69, 9.17) is 28.4 Å². The Morgan fingerprint density at radius 1 is 0.606 bits per heavy atom. The molecule has 0 saturated heterocycles. The van der Waals surface area contributed by atoms with E-state index in [0.29, 0.717) is 83.8 Å². The van der Waals surface area contributed by atoms with Crippen LogP contribution in [0.4, 0.5) is 0 Å². The molecule has 0 atom stereocenters. The van der Waals surface area contributed by atoms with Crippen molar-refractivity contribution in [3.63, 3.8) is 0 Å². The molecular weight excluding hydrogens is 432 g/mol. The smallest absolute Gasteiger partial charge is 0.261 e. The quantitative estimate of drug-likeness (QED) is 0.205. The highest BCUT2D eigenvalue weighted by Gasteiger charge is 2.34. The molecule has 0 fully saturated rings. The van der Waals surface area contributed by atoms with Crippen LogP contribution in [0, 0.1) is 0 Å². The predicted molar refractivity (Wildman–Crippen MR) is 121 cm³/mol. The first-order valence-electron chi connectivity index (χ1n) is 11.3. The van der Waals surface area contributed by atoms with Gasteiger partial charge in [0.1, 0.15) is 0 Å². The summed E-state index contributed by atoms with van der Waals surface area (Å²) in [6.45, 7) is 6.95. The van der Waals surface area contributed by atoms with Gasteiger partial charge in [-0.1, -0.05) is 12.1 Å². The number of fused-ring (bicyclic) bond motifs is 1. The van der Waals surface area contributed by atoms with Crippen molar-refractivity contribution in [2.24, 2.45) is 0 Å². The molecule has 0 saturated carbocycles. The van der Waals surface area contributed by atoms with Gasteiger partial charge in [-0.2, -0.15) is 0 Å². The fourth-order valence-corrected chi connectivity index (χ4v) is 2.97. The molecule has 0 spiro atoms. The minimum Gasteiger partial charge on any atom is -0.378 e. The number of likely N-dealkylation sites (N-methyl/N-ethyl adjacent to an activating group) is 1. The van der Waals surface area contributed by atoms with Gasteiger partial charge in [0.2, 0.25) is 0 Å². The summed E-state index contributed by atoms with van der Waals surface area (Å²) < 4.78 is 32.5. The van der Waals surface area contributed by atoms with Crippen molar-refractivity contribution in [1.82, 2.24) is 10.2 Å². The Morgan fingerprint density at radius 3 is 1.36 bits per heavy atom. The average molecular weight is 469 g/mol. The molecule has 10 nitrogen and oxygen atoms in total. The first kappa shape index (κ1) is 27.3. The fourth-order valence-electron chi connectivity index (χ4n) is 2.97. The van der Waals surface area contributed by atoms with Gasteiger partial charge >= 0.3 is 0 Å². The van der Waals surface area contributed by atoms with Gasteiger partial charge in [0.15, 0.2) is 0 Å². The van der Waals surface area contributed by atoms with Gasteiger partial charge in [-0.15, -0.1) is 0 Å². The highest BCUT2D eigenvalue weighted by atomic mass is 16.6. The van der Waals surface area contributed by atoms with E-state index in [2.05, 4.69) is 5.32 Å². The Balaban J connectivity index is 1.30. The highest BCUT2D eigenvalue weighted by molar-refractivity contribution is 6.21. The van der Waals surface area contributed by atoms with Crippen LogP contribution in [-0.4, -0.2) is 116 Å². The van der Waals surface area contributed by atoms with Gasteiger partial charge in [-0.05, 0) is 19.2 Å². The summed E-state index contributed by atoms with van der Waals surface area (Å²) in [7, 11) is 1.89. The average Bonchev–Trinajstić information content (AvgIpc) is 3.07. The van der Waals surface area contributed by atoms with E-state index in [1.807, 2.05) is 7.05 Å². The van der Waals surface area contributed by atoms with E-state index in [1.165, 1.54) is 4.90 Å². The molecule has 0 aliphatic carbocycles. The van der Waals surface area contributed by atoms with E-state index in [9.17, 15) is 9.59 Å². The largest absolute Gasteiger partial charge is 0.378 e. The van der Waals surface area contributed by atoms with Crippen LogP contribution in [0.5, 0.6) is 0 Å². The Labute approximate surface area is 195 Å². The normalized spacial score (nSPS) is 13.2. The first-order valence-corrected chi connectivity index (χ1v) is 11.3. The third-order valence-corrected chi connectivity index (χ3v) is 4.69. The lowest BCUT2D eigenvalue weighted by Gasteiger charge is -2.13. The molecule has 1 aromatic carbocycles. The number of carbonyl (C=O) groups is 2. The lowest BCUT2D eigenvalue weighted by molar-refractivity contribution is -0.0170. The van der Waals surface area contributed by atoms with Crippen LogP contribution in [0.25, 0.3) is 0 Å². The summed E-state index contributed by atoms with van der Waals surface area (Å²) in [4.78, 5) is 25.7. The number of nitrogens with one attached hydrogen (secondary N) is 1. The summed E-state index contributed by atoms with van der Waals surface area (Å²) in [6.07, 6.45) is 0. The maximum atomic E-state index is 12.2. The first-order chi connectivity index (χ1) is 16.3. The third kappa shape index (κ3) is 10.7. The van der Waals surface area contributed by atoms with Gasteiger partial charge in [-0.3, -0.25) is 14.5 Å². The topological polar surface area (TPSA) is 105 Å². The molecule has 1 aliphatic rings. The Bertz CT molecular complexity index is 653. The third-order valence-electron chi connectivity index (χ3n) is 4.69. The van der Waals surface area contributed by atoms with Crippen LogP contribution >= 0.6 is 0 Å². The Morgan fingerprint density at radius 2 is 0.970 bits per heavy atom. The molecule has 0 bridgehead atoms. The molecule has 186 valence electrons. The van der Waals surface area contributed by atoms with Crippen molar-refractivity contribution in [3.8, 4) is 0 Å². The van der Waals surface area contributed by atoms with E-state index < -0.39 is 0 Å². The van der Waals surface area contributed by atoms with Gasteiger partial charge in [-0.25, -0.2) is 0 Å². The molecule has 0 unspecified atom stereocenters. The van der Waals surface area contributed by atoms with Crippen molar-refractivity contribution in [2.75, 3.05) is 99.4 Å².